The minimum Gasteiger partial charge on any atom is -0.507 e. The minimum atomic E-state index is -0.619. The topological polar surface area (TPSA) is 150 Å². The number of nitrogens with two attached hydrogens (primary N) is 1. The van der Waals surface area contributed by atoms with E-state index in [0.717, 1.165) is 0 Å². The first-order valence-electron chi connectivity index (χ1n) is 9.77. The largest absolute Gasteiger partial charge is 0.507 e. The third-order valence-electron chi connectivity index (χ3n) is 4.64. The van der Waals surface area contributed by atoms with Gasteiger partial charge in [-0.1, -0.05) is 18.2 Å². The van der Waals surface area contributed by atoms with Crippen LogP contribution >= 0.6 is 0 Å². The molecule has 0 aliphatic heterocycles. The number of phenolic OH excluding ortho intramolecular Hbond substituents is 1. The van der Waals surface area contributed by atoms with Crippen LogP contribution in [0.25, 0.3) is 0 Å². The Labute approximate surface area is 189 Å². The number of benzene rings is 3. The van der Waals surface area contributed by atoms with Crippen molar-refractivity contribution in [1.29, 1.82) is 0 Å². The molecule has 0 fully saturated rings. The normalized spacial score (nSPS) is 10.0. The number of nitrogens with zero attached hydrogens (tertiary/aromatic N) is 3. The Kier molecular flexibility index (Phi) is 7.48. The van der Waals surface area contributed by atoms with Crippen LogP contribution in [0.1, 0.15) is 26.3 Å². The second-order valence-corrected chi connectivity index (χ2v) is 6.68. The fourth-order valence-corrected chi connectivity index (χ4v) is 2.92. The molecule has 33 heavy (non-hydrogen) atoms. The van der Waals surface area contributed by atoms with Crippen molar-refractivity contribution in [2.75, 3.05) is 19.5 Å². The van der Waals surface area contributed by atoms with Gasteiger partial charge in [-0.05, 0) is 48.0 Å². The number of anilines is 1. The molecule has 0 aliphatic carbocycles. The molecule has 3 rings (SSSR count). The zero-order chi connectivity index (χ0) is 23.8. The van der Waals surface area contributed by atoms with Gasteiger partial charge in [0.15, 0.2) is 22.3 Å². The molecule has 0 spiro atoms. The van der Waals surface area contributed by atoms with E-state index in [-0.39, 0.29) is 23.4 Å². The average Bonchev–Trinajstić information content (AvgIpc) is 2.83. The highest BCUT2D eigenvalue weighted by atomic mass is 16.5. The first-order chi connectivity index (χ1) is 16.0. The van der Waals surface area contributed by atoms with Crippen LogP contribution in [0.15, 0.2) is 70.9 Å². The summed E-state index contributed by atoms with van der Waals surface area (Å²) < 4.78 is 10.3. The molecular formula is C23H22N5O5+. The molecule has 2 amide bonds. The van der Waals surface area contributed by atoms with Gasteiger partial charge in [-0.2, -0.15) is 0 Å². The fraction of sp³-hybridized carbons (Fsp3) is 0.130. The Bertz CT molecular complexity index is 1250. The van der Waals surface area contributed by atoms with Crippen LogP contribution in [0, 0.1) is 0 Å². The van der Waals surface area contributed by atoms with Crippen molar-refractivity contribution in [3.05, 3.63) is 77.4 Å². The number of phenols is 1. The summed E-state index contributed by atoms with van der Waals surface area (Å²) in [6.07, 6.45) is 0. The maximum Gasteiger partial charge on any atom is 0.360 e. The predicted molar refractivity (Wildman–Crippen MR) is 121 cm³/mol. The van der Waals surface area contributed by atoms with Crippen molar-refractivity contribution in [1.82, 2.24) is 4.91 Å². The van der Waals surface area contributed by atoms with Gasteiger partial charge in [0.1, 0.15) is 5.75 Å². The third-order valence-corrected chi connectivity index (χ3v) is 4.64. The molecule has 0 bridgehead atoms. The number of carbonyl (C=O) groups is 2. The molecule has 10 heteroatoms. The molecule has 0 heterocycles. The predicted octanol–water partition coefficient (Wildman–Crippen LogP) is 3.56. The van der Waals surface area contributed by atoms with E-state index in [1.165, 1.54) is 38.5 Å². The first kappa shape index (κ1) is 23.1. The average molecular weight is 448 g/mol. The van der Waals surface area contributed by atoms with Crippen molar-refractivity contribution < 1.29 is 24.2 Å². The molecule has 4 N–H and O–H groups in total. The van der Waals surface area contributed by atoms with Gasteiger partial charge in [-0.15, -0.1) is 0 Å². The molecule has 0 unspecified atom stereocenters. The second-order valence-electron chi connectivity index (χ2n) is 6.68. The van der Waals surface area contributed by atoms with E-state index < -0.39 is 11.8 Å². The van der Waals surface area contributed by atoms with E-state index in [2.05, 4.69) is 20.5 Å². The number of ether oxygens (including phenoxy) is 2. The number of nitrogens with one attached hydrogen (secondary N) is 1. The van der Waals surface area contributed by atoms with Crippen LogP contribution in [0.5, 0.6) is 17.2 Å². The third kappa shape index (κ3) is 5.59. The van der Waals surface area contributed by atoms with Gasteiger partial charge >= 0.3 is 5.91 Å². The number of para-hydroxylation sites is 1. The molecule has 0 aromatic heterocycles. The smallest absolute Gasteiger partial charge is 0.360 e. The van der Waals surface area contributed by atoms with Crippen LogP contribution < -0.4 is 25.4 Å². The summed E-state index contributed by atoms with van der Waals surface area (Å²) in [5.74, 6) is -0.407. The molecule has 0 saturated carbocycles. The summed E-state index contributed by atoms with van der Waals surface area (Å²) in [7, 11) is 2.95. The van der Waals surface area contributed by atoms with Gasteiger partial charge in [-0.25, -0.2) is 0 Å². The SMILES string of the molecule is COc1ccc(C(=O)N=[N+]=Nc2ccc(CN)c(NC(=O)c3ccccc3O)c2)cc1OC. The summed E-state index contributed by atoms with van der Waals surface area (Å²) in [5, 5.41) is 20.1. The number of hydrogen-bond donors (Lipinski definition) is 3. The summed E-state index contributed by atoms with van der Waals surface area (Å²) in [6.45, 7) is 0.163. The Morgan fingerprint density at radius 1 is 1.03 bits per heavy atom. The molecule has 0 aliphatic rings. The highest BCUT2D eigenvalue weighted by Crippen LogP contribution is 2.28. The Hall–Kier alpha value is -4.53. The highest BCUT2D eigenvalue weighted by Gasteiger charge is 2.15. The van der Waals surface area contributed by atoms with E-state index in [0.29, 0.717) is 28.4 Å². The number of rotatable bonds is 7. The Balaban J connectivity index is 1.81. The fourth-order valence-electron chi connectivity index (χ4n) is 2.92. The van der Waals surface area contributed by atoms with Gasteiger partial charge in [0.05, 0.1) is 25.3 Å². The summed E-state index contributed by atoms with van der Waals surface area (Å²) in [6, 6.07) is 15.6. The summed E-state index contributed by atoms with van der Waals surface area (Å²) >= 11 is 0. The number of carbonyl (C=O) groups excluding carboxylic acids is 2. The summed E-state index contributed by atoms with van der Waals surface area (Å²) in [5.41, 5.74) is 7.50. The number of hydrogen-bond acceptors (Lipinski definition) is 7. The standard InChI is InChI=1S/C23H21N5O5/c1-32-20-10-8-14(11-21(20)33-2)22(30)27-28-26-16-9-7-15(13-24)18(12-16)25-23(31)17-5-3-4-6-19(17)29/h3-12H,13,24H2,1-2H3,(H-,25,29,31)/p+1. The summed E-state index contributed by atoms with van der Waals surface area (Å²) in [4.78, 5) is 28.4. The van der Waals surface area contributed by atoms with Crippen LogP contribution in [-0.4, -0.2) is 31.1 Å². The van der Waals surface area contributed by atoms with Gasteiger partial charge in [0.2, 0.25) is 10.0 Å². The molecule has 3 aromatic rings. The molecule has 168 valence electrons. The molecule has 0 radical (unpaired) electrons. The Morgan fingerprint density at radius 3 is 2.48 bits per heavy atom. The number of aromatic hydroxyl groups is 1. The second kappa shape index (κ2) is 10.7. The lowest BCUT2D eigenvalue weighted by molar-refractivity contribution is 0.0990. The van der Waals surface area contributed by atoms with Crippen molar-refractivity contribution in [2.24, 2.45) is 16.0 Å². The monoisotopic (exact) mass is 448 g/mol. The first-order valence-corrected chi connectivity index (χ1v) is 9.77. The lowest BCUT2D eigenvalue weighted by Crippen LogP contribution is -2.14. The quantitative estimate of drug-likeness (QED) is 0.371. The van der Waals surface area contributed by atoms with Gasteiger partial charge in [0.25, 0.3) is 5.91 Å². The maximum atomic E-state index is 12.5. The van der Waals surface area contributed by atoms with Gasteiger partial charge in [0, 0.05) is 12.2 Å². The Morgan fingerprint density at radius 2 is 1.79 bits per heavy atom. The zero-order valence-electron chi connectivity index (χ0n) is 18.0. The van der Waals surface area contributed by atoms with Crippen LogP contribution in [-0.2, 0) is 6.54 Å². The molecule has 0 atom stereocenters. The van der Waals surface area contributed by atoms with Crippen molar-refractivity contribution in [3.8, 4) is 17.2 Å². The highest BCUT2D eigenvalue weighted by molar-refractivity contribution is 6.06. The molecular weight excluding hydrogens is 426 g/mol. The number of methoxy groups -OCH3 is 2. The maximum absolute atomic E-state index is 12.5. The van der Waals surface area contributed by atoms with Crippen molar-refractivity contribution >= 4 is 23.2 Å². The minimum absolute atomic E-state index is 0.114. The van der Waals surface area contributed by atoms with Gasteiger partial charge < -0.3 is 25.6 Å². The van der Waals surface area contributed by atoms with E-state index in [4.69, 9.17) is 15.2 Å². The van der Waals surface area contributed by atoms with Gasteiger partial charge in [-0.3, -0.25) is 9.59 Å². The molecule has 10 nitrogen and oxygen atoms in total. The molecule has 3 aromatic carbocycles. The molecule has 0 saturated heterocycles. The van der Waals surface area contributed by atoms with Crippen molar-refractivity contribution in [3.63, 3.8) is 0 Å². The van der Waals surface area contributed by atoms with E-state index >= 15 is 0 Å². The van der Waals surface area contributed by atoms with E-state index in [9.17, 15) is 14.7 Å². The van der Waals surface area contributed by atoms with E-state index in [1.54, 1.807) is 36.4 Å². The zero-order valence-corrected chi connectivity index (χ0v) is 18.0. The van der Waals surface area contributed by atoms with Crippen LogP contribution in [0.4, 0.5) is 11.4 Å². The van der Waals surface area contributed by atoms with E-state index in [1.807, 2.05) is 0 Å². The lowest BCUT2D eigenvalue weighted by atomic mass is 10.1. The lowest BCUT2D eigenvalue weighted by Gasteiger charge is -2.10. The van der Waals surface area contributed by atoms with Crippen LogP contribution in [0.3, 0.4) is 0 Å². The van der Waals surface area contributed by atoms with Crippen molar-refractivity contribution in [2.45, 2.75) is 6.54 Å². The number of amides is 2. The van der Waals surface area contributed by atoms with Crippen LogP contribution in [0.2, 0.25) is 0 Å².